The molecule has 0 bridgehead atoms. The van der Waals surface area contributed by atoms with E-state index >= 15 is 0 Å². The standard InChI is InChI=1S/C13H25N3/c1-10(2)7-12-8-11(9-14-6)15-16(12)13(3,4)5/h8,10,14H,7,9H2,1-6H3. The molecule has 0 saturated heterocycles. The van der Waals surface area contributed by atoms with E-state index in [1.807, 2.05) is 7.05 Å². The average Bonchev–Trinajstić information content (AvgIpc) is 2.46. The van der Waals surface area contributed by atoms with Crippen molar-refractivity contribution in [1.29, 1.82) is 0 Å². The highest BCUT2D eigenvalue weighted by atomic mass is 15.3. The normalized spacial score (nSPS) is 12.4. The summed E-state index contributed by atoms with van der Waals surface area (Å²) in [5.41, 5.74) is 2.54. The summed E-state index contributed by atoms with van der Waals surface area (Å²) in [6, 6.07) is 2.22. The van der Waals surface area contributed by atoms with Gasteiger partial charge < -0.3 is 5.32 Å². The second kappa shape index (κ2) is 5.00. The summed E-state index contributed by atoms with van der Waals surface area (Å²) in [6.45, 7) is 11.9. The second-order valence-electron chi connectivity index (χ2n) is 5.84. The zero-order chi connectivity index (χ0) is 12.3. The van der Waals surface area contributed by atoms with E-state index in [0.29, 0.717) is 5.92 Å². The van der Waals surface area contributed by atoms with Gasteiger partial charge in [-0.05, 0) is 46.2 Å². The Hall–Kier alpha value is -0.830. The van der Waals surface area contributed by atoms with Crippen LogP contribution in [-0.2, 0) is 18.5 Å². The van der Waals surface area contributed by atoms with Crippen LogP contribution in [-0.4, -0.2) is 16.8 Å². The second-order valence-corrected chi connectivity index (χ2v) is 5.84. The Morgan fingerprint density at radius 1 is 1.38 bits per heavy atom. The SMILES string of the molecule is CNCc1cc(CC(C)C)n(C(C)(C)C)n1. The molecule has 92 valence electrons. The maximum Gasteiger partial charge on any atom is 0.0765 e. The molecule has 0 fully saturated rings. The van der Waals surface area contributed by atoms with E-state index < -0.39 is 0 Å². The van der Waals surface area contributed by atoms with Crippen LogP contribution in [0.2, 0.25) is 0 Å². The maximum absolute atomic E-state index is 4.68. The number of rotatable bonds is 4. The first-order chi connectivity index (χ1) is 7.34. The molecule has 0 radical (unpaired) electrons. The summed E-state index contributed by atoms with van der Waals surface area (Å²) < 4.78 is 2.17. The fourth-order valence-corrected chi connectivity index (χ4v) is 1.89. The van der Waals surface area contributed by atoms with E-state index in [0.717, 1.165) is 18.7 Å². The number of aromatic nitrogens is 2. The van der Waals surface area contributed by atoms with Gasteiger partial charge in [0, 0.05) is 12.2 Å². The molecule has 16 heavy (non-hydrogen) atoms. The molecule has 0 amide bonds. The van der Waals surface area contributed by atoms with Crippen LogP contribution in [0.3, 0.4) is 0 Å². The minimum Gasteiger partial charge on any atom is -0.314 e. The molecule has 1 N–H and O–H groups in total. The van der Waals surface area contributed by atoms with Gasteiger partial charge in [0.15, 0.2) is 0 Å². The Kier molecular flexibility index (Phi) is 4.14. The lowest BCUT2D eigenvalue weighted by Gasteiger charge is -2.23. The lowest BCUT2D eigenvalue weighted by Crippen LogP contribution is -2.26. The number of nitrogens with zero attached hydrogens (tertiary/aromatic N) is 2. The number of hydrogen-bond acceptors (Lipinski definition) is 2. The van der Waals surface area contributed by atoms with E-state index in [4.69, 9.17) is 0 Å². The molecule has 0 aromatic carbocycles. The highest BCUT2D eigenvalue weighted by molar-refractivity contribution is 5.12. The Morgan fingerprint density at radius 3 is 2.44 bits per heavy atom. The van der Waals surface area contributed by atoms with Crippen molar-refractivity contribution in [3.05, 3.63) is 17.5 Å². The molecule has 3 heteroatoms. The summed E-state index contributed by atoms with van der Waals surface area (Å²) in [6.07, 6.45) is 1.09. The number of hydrogen-bond donors (Lipinski definition) is 1. The van der Waals surface area contributed by atoms with Crippen molar-refractivity contribution in [2.24, 2.45) is 5.92 Å². The van der Waals surface area contributed by atoms with Gasteiger partial charge in [0.2, 0.25) is 0 Å². The van der Waals surface area contributed by atoms with Gasteiger partial charge in [-0.25, -0.2) is 0 Å². The molecule has 0 aliphatic carbocycles. The first-order valence-electron chi connectivity index (χ1n) is 6.07. The van der Waals surface area contributed by atoms with Crippen molar-refractivity contribution >= 4 is 0 Å². The zero-order valence-electron chi connectivity index (χ0n) is 11.5. The average molecular weight is 223 g/mol. The molecule has 3 nitrogen and oxygen atoms in total. The summed E-state index contributed by atoms with van der Waals surface area (Å²) in [7, 11) is 1.96. The lowest BCUT2D eigenvalue weighted by atomic mass is 10.0. The Morgan fingerprint density at radius 2 is 2.00 bits per heavy atom. The van der Waals surface area contributed by atoms with Gasteiger partial charge in [-0.3, -0.25) is 4.68 Å². The molecule has 0 aliphatic heterocycles. The topological polar surface area (TPSA) is 29.9 Å². The predicted molar refractivity (Wildman–Crippen MR) is 68.5 cm³/mol. The van der Waals surface area contributed by atoms with Gasteiger partial charge in [-0.2, -0.15) is 5.10 Å². The predicted octanol–water partition coefficient (Wildman–Crippen LogP) is 2.56. The van der Waals surface area contributed by atoms with Gasteiger partial charge in [0.1, 0.15) is 0 Å². The van der Waals surface area contributed by atoms with Gasteiger partial charge in [-0.15, -0.1) is 0 Å². The van der Waals surface area contributed by atoms with Crippen LogP contribution in [0.4, 0.5) is 0 Å². The molecule has 0 aliphatic rings. The molecule has 1 rings (SSSR count). The molecule has 0 atom stereocenters. The molecular weight excluding hydrogens is 198 g/mol. The van der Waals surface area contributed by atoms with Crippen LogP contribution in [0.1, 0.15) is 46.0 Å². The van der Waals surface area contributed by atoms with Crippen molar-refractivity contribution in [2.75, 3.05) is 7.05 Å². The molecular formula is C13H25N3. The minimum absolute atomic E-state index is 0.0657. The van der Waals surface area contributed by atoms with Crippen LogP contribution in [0.25, 0.3) is 0 Å². The van der Waals surface area contributed by atoms with E-state index in [2.05, 4.69) is 55.8 Å². The van der Waals surface area contributed by atoms with E-state index in [1.54, 1.807) is 0 Å². The highest BCUT2D eigenvalue weighted by Gasteiger charge is 2.19. The van der Waals surface area contributed by atoms with Crippen LogP contribution >= 0.6 is 0 Å². The fraction of sp³-hybridized carbons (Fsp3) is 0.769. The summed E-state index contributed by atoms with van der Waals surface area (Å²) in [5.74, 6) is 0.667. The Labute approximate surface area is 99.2 Å². The molecule has 1 aromatic rings. The van der Waals surface area contributed by atoms with Gasteiger partial charge in [-0.1, -0.05) is 13.8 Å². The fourth-order valence-electron chi connectivity index (χ4n) is 1.89. The summed E-state index contributed by atoms with van der Waals surface area (Å²) in [5, 5.41) is 7.83. The third-order valence-electron chi connectivity index (χ3n) is 2.44. The third kappa shape index (κ3) is 3.34. The van der Waals surface area contributed by atoms with Gasteiger partial charge in [0.05, 0.1) is 11.2 Å². The van der Waals surface area contributed by atoms with Crippen molar-refractivity contribution in [3.63, 3.8) is 0 Å². The number of nitrogens with one attached hydrogen (secondary N) is 1. The summed E-state index contributed by atoms with van der Waals surface area (Å²) in [4.78, 5) is 0. The smallest absolute Gasteiger partial charge is 0.0765 e. The highest BCUT2D eigenvalue weighted by Crippen LogP contribution is 2.19. The van der Waals surface area contributed by atoms with Crippen LogP contribution in [0, 0.1) is 5.92 Å². The van der Waals surface area contributed by atoms with Crippen molar-refractivity contribution in [3.8, 4) is 0 Å². The van der Waals surface area contributed by atoms with Crippen molar-refractivity contribution in [2.45, 2.75) is 53.1 Å². The largest absolute Gasteiger partial charge is 0.314 e. The summed E-state index contributed by atoms with van der Waals surface area (Å²) >= 11 is 0. The quantitative estimate of drug-likeness (QED) is 0.850. The first kappa shape index (κ1) is 13.2. The van der Waals surface area contributed by atoms with E-state index in [-0.39, 0.29) is 5.54 Å². The molecule has 1 aromatic heterocycles. The van der Waals surface area contributed by atoms with Crippen LogP contribution < -0.4 is 5.32 Å². The first-order valence-corrected chi connectivity index (χ1v) is 6.07. The maximum atomic E-state index is 4.68. The van der Waals surface area contributed by atoms with Crippen molar-refractivity contribution < 1.29 is 0 Å². The Bertz CT molecular complexity index is 331. The lowest BCUT2D eigenvalue weighted by molar-refractivity contribution is 0.336. The molecule has 0 spiro atoms. The minimum atomic E-state index is 0.0657. The monoisotopic (exact) mass is 223 g/mol. The van der Waals surface area contributed by atoms with E-state index in [9.17, 15) is 0 Å². The van der Waals surface area contributed by atoms with Crippen molar-refractivity contribution in [1.82, 2.24) is 15.1 Å². The Balaban J connectivity index is 3.02. The van der Waals surface area contributed by atoms with Gasteiger partial charge in [0.25, 0.3) is 0 Å². The van der Waals surface area contributed by atoms with Crippen LogP contribution in [0.15, 0.2) is 6.07 Å². The molecule has 0 unspecified atom stereocenters. The van der Waals surface area contributed by atoms with E-state index in [1.165, 1.54) is 5.69 Å². The van der Waals surface area contributed by atoms with Crippen LogP contribution in [0.5, 0.6) is 0 Å². The molecule has 1 heterocycles. The third-order valence-corrected chi connectivity index (χ3v) is 2.44. The molecule has 0 saturated carbocycles. The zero-order valence-corrected chi connectivity index (χ0v) is 11.5. The van der Waals surface area contributed by atoms with Gasteiger partial charge >= 0.3 is 0 Å².